The lowest BCUT2D eigenvalue weighted by Crippen LogP contribution is -2.45. The van der Waals surface area contributed by atoms with Crippen molar-refractivity contribution in [2.45, 2.75) is 32.7 Å². The zero-order valence-corrected chi connectivity index (χ0v) is 18.9. The van der Waals surface area contributed by atoms with E-state index in [1.54, 1.807) is 19.2 Å². The van der Waals surface area contributed by atoms with Gasteiger partial charge in [0.15, 0.2) is 0 Å². The summed E-state index contributed by atoms with van der Waals surface area (Å²) in [7, 11) is 1.56. The van der Waals surface area contributed by atoms with E-state index < -0.39 is 23.8 Å². The molecular weight excluding hydrogens is 418 g/mol. The molecule has 2 aliphatic rings. The lowest BCUT2D eigenvalue weighted by atomic mass is 9.68. The summed E-state index contributed by atoms with van der Waals surface area (Å²) in [4.78, 5) is 41.0. The molecule has 3 N–H and O–H groups in total. The summed E-state index contributed by atoms with van der Waals surface area (Å²) < 4.78 is 0. The van der Waals surface area contributed by atoms with Crippen LogP contribution >= 0.6 is 11.6 Å². The van der Waals surface area contributed by atoms with E-state index >= 15 is 0 Å². The van der Waals surface area contributed by atoms with Crippen LogP contribution in [0.5, 0.6) is 0 Å². The van der Waals surface area contributed by atoms with Crippen molar-refractivity contribution < 1.29 is 19.5 Å². The average molecular weight is 448 g/mol. The second kappa shape index (κ2) is 9.83. The standard InChI is InChI=1S/C23H30ClN3O4/c1-4-6-14-9-10-15-18(17(14)21(29)25-3)23(31)27(11-12-28)20(15)22(30)26-19-13(2)7-5-8-16(19)24/h5,7-10,14-15,17-18,20,28H,4,6,11-12H2,1-3H3,(H,25,29)(H,26,30)/t14-,15+,17-,18-,20+/m1/s1. The highest BCUT2D eigenvalue weighted by Gasteiger charge is 2.56. The Balaban J connectivity index is 1.99. The molecule has 1 aromatic rings. The third-order valence-corrected chi connectivity index (χ3v) is 6.68. The molecule has 0 bridgehead atoms. The number of rotatable bonds is 7. The highest BCUT2D eigenvalue weighted by molar-refractivity contribution is 6.34. The van der Waals surface area contributed by atoms with Gasteiger partial charge >= 0.3 is 0 Å². The van der Waals surface area contributed by atoms with Gasteiger partial charge in [0.25, 0.3) is 0 Å². The van der Waals surface area contributed by atoms with Gasteiger partial charge in [-0.25, -0.2) is 0 Å². The lowest BCUT2D eigenvalue weighted by Gasteiger charge is -2.34. The number of amides is 3. The molecule has 0 aromatic heterocycles. The molecule has 31 heavy (non-hydrogen) atoms. The van der Waals surface area contributed by atoms with E-state index in [2.05, 4.69) is 10.6 Å². The highest BCUT2D eigenvalue weighted by atomic mass is 35.5. The summed E-state index contributed by atoms with van der Waals surface area (Å²) in [6.07, 6.45) is 5.54. The SMILES string of the molecule is CCC[C@@H]1C=C[C@H]2[C@@H](C(=O)N(CCO)[C@@H]2C(=O)Nc2c(C)cccc2Cl)[C@@H]1C(=O)NC. The maximum atomic E-state index is 13.4. The van der Waals surface area contributed by atoms with E-state index in [-0.39, 0.29) is 36.8 Å². The zero-order chi connectivity index (χ0) is 22.7. The fraction of sp³-hybridized carbons (Fsp3) is 0.522. The first kappa shape index (κ1) is 23.3. The molecule has 168 valence electrons. The van der Waals surface area contributed by atoms with E-state index in [1.165, 1.54) is 4.90 Å². The van der Waals surface area contributed by atoms with Crippen molar-refractivity contribution in [1.82, 2.24) is 10.2 Å². The van der Waals surface area contributed by atoms with Gasteiger partial charge in [0.05, 0.1) is 29.2 Å². The van der Waals surface area contributed by atoms with Gasteiger partial charge in [-0.2, -0.15) is 0 Å². The maximum absolute atomic E-state index is 13.4. The summed E-state index contributed by atoms with van der Waals surface area (Å²) in [5.74, 6) is -2.56. The van der Waals surface area contributed by atoms with Crippen LogP contribution in [-0.4, -0.2) is 54.0 Å². The van der Waals surface area contributed by atoms with Crippen LogP contribution in [0.15, 0.2) is 30.4 Å². The lowest BCUT2D eigenvalue weighted by molar-refractivity contribution is -0.140. The molecule has 1 fully saturated rings. The largest absolute Gasteiger partial charge is 0.395 e. The number of likely N-dealkylation sites (tertiary alicyclic amines) is 1. The van der Waals surface area contributed by atoms with Crippen molar-refractivity contribution in [1.29, 1.82) is 0 Å². The van der Waals surface area contributed by atoms with Crippen molar-refractivity contribution in [3.8, 4) is 0 Å². The number of aliphatic hydroxyl groups excluding tert-OH is 1. The summed E-state index contributed by atoms with van der Waals surface area (Å²) in [6.45, 7) is 3.63. The fourth-order valence-corrected chi connectivity index (χ4v) is 5.24. The first-order valence-corrected chi connectivity index (χ1v) is 11.1. The van der Waals surface area contributed by atoms with Gasteiger partial charge in [-0.1, -0.05) is 49.2 Å². The number of anilines is 1. The number of aliphatic hydroxyl groups is 1. The topological polar surface area (TPSA) is 98.7 Å². The van der Waals surface area contributed by atoms with E-state index in [4.69, 9.17) is 11.6 Å². The van der Waals surface area contributed by atoms with Crippen molar-refractivity contribution in [2.75, 3.05) is 25.5 Å². The van der Waals surface area contributed by atoms with Gasteiger partial charge in [0.1, 0.15) is 6.04 Å². The van der Waals surface area contributed by atoms with Crippen LogP contribution in [0.3, 0.4) is 0 Å². The molecule has 1 aliphatic carbocycles. The number of nitrogens with zero attached hydrogens (tertiary/aromatic N) is 1. The first-order valence-electron chi connectivity index (χ1n) is 10.7. The Hall–Kier alpha value is -2.38. The Labute approximate surface area is 187 Å². The predicted molar refractivity (Wildman–Crippen MR) is 119 cm³/mol. The van der Waals surface area contributed by atoms with Crippen LogP contribution in [0.4, 0.5) is 5.69 Å². The number of β-amino-alcohol motifs (C(OH)–C–C–N with tert-alkyl or cyclic N) is 1. The summed E-state index contributed by atoms with van der Waals surface area (Å²) in [6, 6.07) is 4.50. The molecule has 7 nitrogen and oxygen atoms in total. The molecule has 0 saturated carbocycles. The van der Waals surface area contributed by atoms with E-state index in [0.29, 0.717) is 10.7 Å². The fourth-order valence-electron chi connectivity index (χ4n) is 4.97. The van der Waals surface area contributed by atoms with Gasteiger partial charge in [0, 0.05) is 19.5 Å². The number of halogens is 1. The maximum Gasteiger partial charge on any atom is 0.247 e. The Kier molecular flexibility index (Phi) is 7.38. The Morgan fingerprint density at radius 2 is 1.97 bits per heavy atom. The van der Waals surface area contributed by atoms with Crippen LogP contribution in [0.1, 0.15) is 25.3 Å². The second-order valence-electron chi connectivity index (χ2n) is 8.20. The van der Waals surface area contributed by atoms with Gasteiger partial charge in [0.2, 0.25) is 17.7 Å². The normalized spacial score (nSPS) is 27.2. The number of carbonyl (C=O) groups is 3. The number of nitrogens with one attached hydrogen (secondary N) is 2. The van der Waals surface area contributed by atoms with Crippen molar-refractivity contribution in [3.05, 3.63) is 40.9 Å². The monoisotopic (exact) mass is 447 g/mol. The smallest absolute Gasteiger partial charge is 0.247 e. The molecule has 1 aromatic carbocycles. The average Bonchev–Trinajstić information content (AvgIpc) is 3.02. The molecule has 1 heterocycles. The Morgan fingerprint density at radius 1 is 1.23 bits per heavy atom. The molecular formula is C23H30ClN3O4. The quantitative estimate of drug-likeness (QED) is 0.559. The molecule has 8 heteroatoms. The molecule has 1 saturated heterocycles. The molecule has 0 spiro atoms. The van der Waals surface area contributed by atoms with Crippen molar-refractivity contribution >= 4 is 35.0 Å². The second-order valence-corrected chi connectivity index (χ2v) is 8.61. The third kappa shape index (κ3) is 4.34. The van der Waals surface area contributed by atoms with Gasteiger partial charge in [-0.15, -0.1) is 0 Å². The minimum atomic E-state index is -0.827. The predicted octanol–water partition coefficient (Wildman–Crippen LogP) is 2.37. The van der Waals surface area contributed by atoms with E-state index in [9.17, 15) is 19.5 Å². The van der Waals surface area contributed by atoms with Crippen LogP contribution in [-0.2, 0) is 14.4 Å². The number of hydrogen-bond donors (Lipinski definition) is 3. The molecule has 0 unspecified atom stereocenters. The van der Waals surface area contributed by atoms with Crippen LogP contribution in [0.2, 0.25) is 5.02 Å². The molecule has 3 rings (SSSR count). The zero-order valence-electron chi connectivity index (χ0n) is 18.1. The number of benzene rings is 1. The Morgan fingerprint density at radius 3 is 2.58 bits per heavy atom. The van der Waals surface area contributed by atoms with Gasteiger partial charge < -0.3 is 20.6 Å². The summed E-state index contributed by atoms with van der Waals surface area (Å²) >= 11 is 6.28. The van der Waals surface area contributed by atoms with E-state index in [1.807, 2.05) is 32.1 Å². The van der Waals surface area contributed by atoms with Crippen LogP contribution < -0.4 is 10.6 Å². The molecule has 5 atom stereocenters. The number of carbonyl (C=O) groups excluding carboxylic acids is 3. The number of para-hydroxylation sites is 1. The molecule has 3 amide bonds. The first-order chi connectivity index (χ1) is 14.8. The van der Waals surface area contributed by atoms with Crippen molar-refractivity contribution in [3.63, 3.8) is 0 Å². The molecule has 1 aliphatic heterocycles. The summed E-state index contributed by atoms with van der Waals surface area (Å²) in [5, 5.41) is 15.5. The van der Waals surface area contributed by atoms with Crippen LogP contribution in [0.25, 0.3) is 0 Å². The van der Waals surface area contributed by atoms with Gasteiger partial charge in [-0.3, -0.25) is 14.4 Å². The Bertz CT molecular complexity index is 867. The van der Waals surface area contributed by atoms with Crippen LogP contribution in [0, 0.1) is 30.6 Å². The van der Waals surface area contributed by atoms with Crippen molar-refractivity contribution in [2.24, 2.45) is 23.7 Å². The minimum Gasteiger partial charge on any atom is -0.395 e. The number of hydrogen-bond acceptors (Lipinski definition) is 4. The number of allylic oxidation sites excluding steroid dienone is 1. The summed E-state index contributed by atoms with van der Waals surface area (Å²) in [5.41, 5.74) is 1.31. The number of aryl methyl sites for hydroxylation is 1. The minimum absolute atomic E-state index is 0.0260. The highest BCUT2D eigenvalue weighted by Crippen LogP contribution is 2.45. The molecule has 0 radical (unpaired) electrons. The third-order valence-electron chi connectivity index (χ3n) is 6.36. The van der Waals surface area contributed by atoms with Gasteiger partial charge in [-0.05, 0) is 30.9 Å². The van der Waals surface area contributed by atoms with E-state index in [0.717, 1.165) is 18.4 Å². The number of fused-ring (bicyclic) bond motifs is 1.